The third-order valence-electron chi connectivity index (χ3n) is 2.75. The molecule has 1 aromatic carbocycles. The predicted molar refractivity (Wildman–Crippen MR) is 74.4 cm³/mol. The number of nitrogens with one attached hydrogen (secondary N) is 1. The van der Waals surface area contributed by atoms with E-state index >= 15 is 0 Å². The first-order valence-corrected chi connectivity index (χ1v) is 7.09. The maximum atomic E-state index is 11.5. The summed E-state index contributed by atoms with van der Waals surface area (Å²) < 4.78 is 0. The van der Waals surface area contributed by atoms with Gasteiger partial charge in [0.05, 0.1) is 0 Å². The molecular weight excluding hydrogens is 230 g/mol. The van der Waals surface area contributed by atoms with Gasteiger partial charge in [0.1, 0.15) is 0 Å². The molecule has 3 heteroatoms. The number of hydrogen-bond acceptors (Lipinski definition) is 2. The zero-order valence-electron chi connectivity index (χ0n) is 10.8. The van der Waals surface area contributed by atoms with Gasteiger partial charge in [-0.3, -0.25) is 4.79 Å². The van der Waals surface area contributed by atoms with Crippen LogP contribution in [0.5, 0.6) is 0 Å². The highest BCUT2D eigenvalue weighted by molar-refractivity contribution is 7.99. The second-order valence-corrected chi connectivity index (χ2v) is 5.43. The van der Waals surface area contributed by atoms with Gasteiger partial charge in [0.2, 0.25) is 5.91 Å². The lowest BCUT2D eigenvalue weighted by atomic mass is 10.1. The van der Waals surface area contributed by atoms with Crippen LogP contribution in [-0.4, -0.2) is 18.2 Å². The Morgan fingerprint density at radius 1 is 1.35 bits per heavy atom. The van der Waals surface area contributed by atoms with Crippen LogP contribution in [0.4, 0.5) is 0 Å². The van der Waals surface area contributed by atoms with E-state index in [1.807, 2.05) is 13.8 Å². The Kier molecular flexibility index (Phi) is 6.12. The highest BCUT2D eigenvalue weighted by atomic mass is 32.2. The first-order valence-electron chi connectivity index (χ1n) is 6.10. The molecule has 2 nitrogen and oxygen atoms in total. The van der Waals surface area contributed by atoms with Gasteiger partial charge in [-0.25, -0.2) is 0 Å². The highest BCUT2D eigenvalue weighted by Gasteiger charge is 2.08. The van der Waals surface area contributed by atoms with Crippen LogP contribution in [0.25, 0.3) is 0 Å². The van der Waals surface area contributed by atoms with Crippen molar-refractivity contribution in [1.29, 1.82) is 0 Å². The van der Waals surface area contributed by atoms with Gasteiger partial charge >= 0.3 is 0 Å². The van der Waals surface area contributed by atoms with Crippen LogP contribution in [0.15, 0.2) is 29.2 Å². The van der Waals surface area contributed by atoms with E-state index in [4.69, 9.17) is 0 Å². The van der Waals surface area contributed by atoms with Crippen molar-refractivity contribution >= 4 is 17.7 Å². The molecule has 17 heavy (non-hydrogen) atoms. The zero-order valence-corrected chi connectivity index (χ0v) is 11.6. The number of rotatable bonds is 6. The summed E-state index contributed by atoms with van der Waals surface area (Å²) in [6.07, 6.45) is 0.900. The Labute approximate surface area is 108 Å². The third-order valence-corrected chi connectivity index (χ3v) is 3.76. The summed E-state index contributed by atoms with van der Waals surface area (Å²) in [5, 5.41) is 2.96. The van der Waals surface area contributed by atoms with Crippen LogP contribution in [0.3, 0.4) is 0 Å². The molecule has 1 atom stereocenters. The lowest BCUT2D eigenvalue weighted by Gasteiger charge is -2.09. The summed E-state index contributed by atoms with van der Waals surface area (Å²) >= 11 is 1.78. The van der Waals surface area contributed by atoms with Crippen LogP contribution in [0.2, 0.25) is 0 Å². The number of amides is 1. The lowest BCUT2D eigenvalue weighted by molar-refractivity contribution is -0.124. The largest absolute Gasteiger partial charge is 0.355 e. The van der Waals surface area contributed by atoms with E-state index in [1.165, 1.54) is 10.5 Å². The monoisotopic (exact) mass is 251 g/mol. The third kappa shape index (κ3) is 5.26. The molecule has 0 heterocycles. The van der Waals surface area contributed by atoms with E-state index in [9.17, 15) is 4.79 Å². The number of thioether (sulfide) groups is 1. The number of carbonyl (C=O) groups is 1. The van der Waals surface area contributed by atoms with Crippen molar-refractivity contribution < 1.29 is 4.79 Å². The van der Waals surface area contributed by atoms with Gasteiger partial charge in [0.15, 0.2) is 0 Å². The van der Waals surface area contributed by atoms with E-state index in [0.29, 0.717) is 0 Å². The quantitative estimate of drug-likeness (QED) is 0.621. The molecule has 0 aromatic heterocycles. The summed E-state index contributed by atoms with van der Waals surface area (Å²) in [4.78, 5) is 12.8. The first-order chi connectivity index (χ1) is 8.13. The summed E-state index contributed by atoms with van der Waals surface area (Å²) in [6, 6.07) is 8.47. The van der Waals surface area contributed by atoms with E-state index in [0.717, 1.165) is 18.7 Å². The van der Waals surface area contributed by atoms with Gasteiger partial charge in [0.25, 0.3) is 0 Å². The second kappa shape index (κ2) is 7.38. The fourth-order valence-corrected chi connectivity index (χ4v) is 2.11. The van der Waals surface area contributed by atoms with Crippen LogP contribution in [0.1, 0.15) is 25.8 Å². The van der Waals surface area contributed by atoms with Crippen molar-refractivity contribution in [2.45, 2.75) is 32.1 Å². The van der Waals surface area contributed by atoms with Crippen LogP contribution in [-0.2, 0) is 4.79 Å². The van der Waals surface area contributed by atoms with E-state index in [2.05, 4.69) is 36.5 Å². The normalized spacial score (nSPS) is 12.2. The molecule has 1 unspecified atom stereocenters. The van der Waals surface area contributed by atoms with Gasteiger partial charge in [-0.1, -0.05) is 31.5 Å². The minimum atomic E-state index is 0.124. The molecule has 0 aliphatic heterocycles. The van der Waals surface area contributed by atoms with Gasteiger partial charge in [-0.2, -0.15) is 0 Å². The second-order valence-electron chi connectivity index (χ2n) is 4.26. The molecule has 1 amide bonds. The summed E-state index contributed by atoms with van der Waals surface area (Å²) in [6.45, 7) is 6.82. The van der Waals surface area contributed by atoms with E-state index in [1.54, 1.807) is 11.8 Å². The fourth-order valence-electron chi connectivity index (χ4n) is 1.34. The Balaban J connectivity index is 2.20. The van der Waals surface area contributed by atoms with Gasteiger partial charge < -0.3 is 5.32 Å². The van der Waals surface area contributed by atoms with Crippen molar-refractivity contribution in [2.75, 3.05) is 12.3 Å². The molecule has 0 radical (unpaired) electrons. The average Bonchev–Trinajstić information content (AvgIpc) is 2.35. The van der Waals surface area contributed by atoms with Crippen molar-refractivity contribution in [3.05, 3.63) is 29.8 Å². The smallest absolute Gasteiger partial charge is 0.222 e. The molecule has 1 N–H and O–H groups in total. The van der Waals surface area contributed by atoms with Gasteiger partial charge in [-0.15, -0.1) is 11.8 Å². The molecule has 0 aliphatic rings. The Morgan fingerprint density at radius 3 is 2.59 bits per heavy atom. The minimum absolute atomic E-state index is 0.124. The maximum absolute atomic E-state index is 11.5. The molecule has 0 aliphatic carbocycles. The standard InChI is InChI=1S/C14H21NOS/c1-4-12(3)14(16)15-9-10-17-13-7-5-11(2)6-8-13/h5-8,12H,4,9-10H2,1-3H3,(H,15,16). The van der Waals surface area contributed by atoms with Crippen molar-refractivity contribution in [1.82, 2.24) is 5.32 Å². The van der Waals surface area contributed by atoms with E-state index < -0.39 is 0 Å². The van der Waals surface area contributed by atoms with Crippen molar-refractivity contribution in [2.24, 2.45) is 5.92 Å². The molecule has 1 rings (SSSR count). The van der Waals surface area contributed by atoms with Crippen LogP contribution in [0, 0.1) is 12.8 Å². The van der Waals surface area contributed by atoms with Gasteiger partial charge in [-0.05, 0) is 25.5 Å². The summed E-state index contributed by atoms with van der Waals surface area (Å²) in [7, 11) is 0. The Bertz CT molecular complexity index is 348. The average molecular weight is 251 g/mol. The fraction of sp³-hybridized carbons (Fsp3) is 0.500. The van der Waals surface area contributed by atoms with Crippen LogP contribution < -0.4 is 5.32 Å². The molecule has 0 saturated carbocycles. The Morgan fingerprint density at radius 2 is 2.00 bits per heavy atom. The zero-order chi connectivity index (χ0) is 12.7. The maximum Gasteiger partial charge on any atom is 0.222 e. The lowest BCUT2D eigenvalue weighted by Crippen LogP contribution is -2.30. The van der Waals surface area contributed by atoms with E-state index in [-0.39, 0.29) is 11.8 Å². The molecular formula is C14H21NOS. The van der Waals surface area contributed by atoms with Crippen LogP contribution >= 0.6 is 11.8 Å². The minimum Gasteiger partial charge on any atom is -0.355 e. The van der Waals surface area contributed by atoms with Gasteiger partial charge in [0, 0.05) is 23.1 Å². The number of carbonyl (C=O) groups excluding carboxylic acids is 1. The number of hydrogen-bond donors (Lipinski definition) is 1. The molecule has 1 aromatic rings. The molecule has 0 fully saturated rings. The Hall–Kier alpha value is -0.960. The first kappa shape index (κ1) is 14.1. The number of aryl methyl sites for hydroxylation is 1. The summed E-state index contributed by atoms with van der Waals surface area (Å²) in [5.41, 5.74) is 1.28. The topological polar surface area (TPSA) is 29.1 Å². The van der Waals surface area contributed by atoms with Crippen molar-refractivity contribution in [3.8, 4) is 0 Å². The molecule has 0 saturated heterocycles. The molecule has 0 spiro atoms. The highest BCUT2D eigenvalue weighted by Crippen LogP contribution is 2.17. The predicted octanol–water partition coefficient (Wildman–Crippen LogP) is 3.25. The SMILES string of the molecule is CCC(C)C(=O)NCCSc1ccc(C)cc1. The molecule has 0 bridgehead atoms. The number of benzene rings is 1. The summed E-state index contributed by atoms with van der Waals surface area (Å²) in [5.74, 6) is 1.21. The molecule has 94 valence electrons. The van der Waals surface area contributed by atoms with Crippen molar-refractivity contribution in [3.63, 3.8) is 0 Å².